The van der Waals surface area contributed by atoms with Crippen molar-refractivity contribution < 1.29 is 14.6 Å². The Bertz CT molecular complexity index is 336. The van der Waals surface area contributed by atoms with E-state index in [4.69, 9.17) is 4.74 Å². The number of amides is 1. The fourth-order valence-corrected chi connectivity index (χ4v) is 3.11. The van der Waals surface area contributed by atoms with E-state index < -0.39 is 0 Å². The molecule has 0 aliphatic carbocycles. The number of hydrogen-bond acceptors (Lipinski definition) is 5. The van der Waals surface area contributed by atoms with Crippen LogP contribution in [0.25, 0.3) is 0 Å². The van der Waals surface area contributed by atoms with E-state index in [1.807, 2.05) is 4.90 Å². The molecule has 8 heteroatoms. The highest BCUT2D eigenvalue weighted by atomic mass is 35.5. The molecule has 132 valence electrons. The molecule has 2 heterocycles. The molecule has 3 atom stereocenters. The second-order valence-electron chi connectivity index (χ2n) is 5.73. The van der Waals surface area contributed by atoms with E-state index in [1.54, 1.807) is 7.11 Å². The second-order valence-corrected chi connectivity index (χ2v) is 5.73. The first kappa shape index (κ1) is 21.9. The van der Waals surface area contributed by atoms with Crippen molar-refractivity contribution in [3.05, 3.63) is 0 Å². The van der Waals surface area contributed by atoms with E-state index in [9.17, 15) is 9.90 Å². The molecule has 0 aromatic carbocycles. The molecule has 6 nitrogen and oxygen atoms in total. The maximum atomic E-state index is 12.4. The summed E-state index contributed by atoms with van der Waals surface area (Å²) < 4.78 is 5.14. The molecule has 0 spiro atoms. The van der Waals surface area contributed by atoms with E-state index in [-0.39, 0.29) is 42.9 Å². The van der Waals surface area contributed by atoms with E-state index in [0.717, 1.165) is 39.2 Å². The topological polar surface area (TPSA) is 65.0 Å². The van der Waals surface area contributed by atoms with Crippen molar-refractivity contribution in [2.45, 2.75) is 38.0 Å². The lowest BCUT2D eigenvalue weighted by atomic mass is 10.1. The van der Waals surface area contributed by atoms with E-state index >= 15 is 0 Å². The van der Waals surface area contributed by atoms with E-state index in [2.05, 4.69) is 17.1 Å². The number of halogens is 2. The highest BCUT2D eigenvalue weighted by Crippen LogP contribution is 2.16. The number of nitrogens with one attached hydrogen (secondary N) is 1. The van der Waals surface area contributed by atoms with Gasteiger partial charge in [0, 0.05) is 45.9 Å². The van der Waals surface area contributed by atoms with Crippen LogP contribution in [0.4, 0.5) is 0 Å². The summed E-state index contributed by atoms with van der Waals surface area (Å²) in [6.45, 7) is 6.82. The van der Waals surface area contributed by atoms with Crippen LogP contribution in [0.3, 0.4) is 0 Å². The molecule has 1 amide bonds. The van der Waals surface area contributed by atoms with Gasteiger partial charge in [0.05, 0.1) is 18.8 Å². The van der Waals surface area contributed by atoms with Crippen molar-refractivity contribution in [3.8, 4) is 0 Å². The highest BCUT2D eigenvalue weighted by molar-refractivity contribution is 5.85. The maximum Gasteiger partial charge on any atom is 0.239 e. The number of hydrogen-bond donors (Lipinski definition) is 2. The predicted molar refractivity (Wildman–Crippen MR) is 91.0 cm³/mol. The summed E-state index contributed by atoms with van der Waals surface area (Å²) in [7, 11) is 1.72. The summed E-state index contributed by atoms with van der Waals surface area (Å²) >= 11 is 0. The van der Waals surface area contributed by atoms with E-state index in [1.165, 1.54) is 0 Å². The van der Waals surface area contributed by atoms with Gasteiger partial charge in [-0.2, -0.15) is 0 Å². The molecule has 0 aromatic rings. The summed E-state index contributed by atoms with van der Waals surface area (Å²) in [6.07, 6.45) is 1.20. The molecule has 2 aliphatic rings. The Balaban J connectivity index is 0.00000220. The van der Waals surface area contributed by atoms with Gasteiger partial charge in [0.1, 0.15) is 0 Å². The predicted octanol–water partition coefficient (Wildman–Crippen LogP) is 0.122. The van der Waals surface area contributed by atoms with E-state index in [0.29, 0.717) is 19.0 Å². The van der Waals surface area contributed by atoms with Crippen molar-refractivity contribution in [1.29, 1.82) is 0 Å². The third kappa shape index (κ3) is 5.51. The van der Waals surface area contributed by atoms with Gasteiger partial charge in [0.25, 0.3) is 0 Å². The van der Waals surface area contributed by atoms with Gasteiger partial charge in [-0.3, -0.25) is 9.69 Å². The zero-order valence-electron chi connectivity index (χ0n) is 13.4. The highest BCUT2D eigenvalue weighted by Gasteiger charge is 2.34. The molecule has 0 aromatic heterocycles. The van der Waals surface area contributed by atoms with Gasteiger partial charge in [0.15, 0.2) is 0 Å². The van der Waals surface area contributed by atoms with Gasteiger partial charge in [-0.15, -0.1) is 24.8 Å². The minimum atomic E-state index is -0.381. The van der Waals surface area contributed by atoms with Gasteiger partial charge < -0.3 is 20.1 Å². The third-order valence-corrected chi connectivity index (χ3v) is 4.38. The van der Waals surface area contributed by atoms with Gasteiger partial charge in [0.2, 0.25) is 5.91 Å². The lowest BCUT2D eigenvalue weighted by Gasteiger charge is -2.41. The minimum Gasteiger partial charge on any atom is -0.392 e. The number of carbonyl (C=O) groups excluding carboxylic acids is 1. The molecule has 3 unspecified atom stereocenters. The minimum absolute atomic E-state index is 0. The number of rotatable bonds is 5. The molecule has 0 radical (unpaired) electrons. The van der Waals surface area contributed by atoms with Crippen LogP contribution in [0.1, 0.15) is 19.8 Å². The monoisotopic (exact) mass is 357 g/mol. The molecular formula is C14H29Cl2N3O3. The number of methoxy groups -OCH3 is 1. The standard InChI is InChI=1S/C14H27N3O3.2ClH/c1-3-11-10-17(5-4-16(11)6-7-20-2)14(19)13-8-12(18)9-15-13;;/h11-13,15,18H,3-10H2,1-2H3;2*1H. The number of piperazine rings is 1. The molecular weight excluding hydrogens is 329 g/mol. The summed E-state index contributed by atoms with van der Waals surface area (Å²) in [5, 5.41) is 12.6. The van der Waals surface area contributed by atoms with Crippen LogP contribution in [0, 0.1) is 0 Å². The lowest BCUT2D eigenvalue weighted by Crippen LogP contribution is -2.57. The summed E-state index contributed by atoms with van der Waals surface area (Å²) in [5.74, 6) is 0.145. The first-order chi connectivity index (χ1) is 9.65. The van der Waals surface area contributed by atoms with Crippen molar-refractivity contribution in [3.63, 3.8) is 0 Å². The zero-order valence-corrected chi connectivity index (χ0v) is 15.0. The molecule has 2 aliphatic heterocycles. The molecule has 0 saturated carbocycles. The van der Waals surface area contributed by atoms with Gasteiger partial charge in [-0.05, 0) is 12.8 Å². The summed E-state index contributed by atoms with van der Waals surface area (Å²) in [5.41, 5.74) is 0. The molecule has 2 rings (SSSR count). The Morgan fingerprint density at radius 3 is 2.64 bits per heavy atom. The van der Waals surface area contributed by atoms with Crippen LogP contribution >= 0.6 is 24.8 Å². The van der Waals surface area contributed by atoms with Gasteiger partial charge in [-0.25, -0.2) is 0 Å². The summed E-state index contributed by atoms with van der Waals surface area (Å²) in [4.78, 5) is 16.8. The Hall–Kier alpha value is -0.110. The Morgan fingerprint density at radius 1 is 1.36 bits per heavy atom. The molecule has 2 saturated heterocycles. The fourth-order valence-electron chi connectivity index (χ4n) is 3.11. The number of aliphatic hydroxyl groups excluding tert-OH is 1. The Kier molecular flexibility index (Phi) is 10.6. The number of nitrogens with zero attached hydrogens (tertiary/aromatic N) is 2. The van der Waals surface area contributed by atoms with Gasteiger partial charge in [-0.1, -0.05) is 6.92 Å². The Labute approximate surface area is 145 Å². The fraction of sp³-hybridized carbons (Fsp3) is 0.929. The molecule has 2 fully saturated rings. The normalized spacial score (nSPS) is 28.9. The van der Waals surface area contributed by atoms with Crippen LogP contribution in [0.2, 0.25) is 0 Å². The second kappa shape index (κ2) is 10.6. The van der Waals surface area contributed by atoms with Crippen LogP contribution in [0.5, 0.6) is 0 Å². The van der Waals surface area contributed by atoms with Crippen molar-refractivity contribution in [2.75, 3.05) is 46.4 Å². The van der Waals surface area contributed by atoms with Crippen molar-refractivity contribution in [1.82, 2.24) is 15.1 Å². The maximum absolute atomic E-state index is 12.4. The first-order valence-corrected chi connectivity index (χ1v) is 7.59. The summed E-state index contributed by atoms with van der Waals surface area (Å²) in [6, 6.07) is 0.210. The SMILES string of the molecule is CCC1CN(C(=O)C2CC(O)CN2)CCN1CCOC.Cl.Cl. The molecule has 22 heavy (non-hydrogen) atoms. The number of ether oxygens (including phenoxy) is 1. The third-order valence-electron chi connectivity index (χ3n) is 4.38. The van der Waals surface area contributed by atoms with Crippen LogP contribution in [-0.2, 0) is 9.53 Å². The molecule has 2 N–H and O–H groups in total. The van der Waals surface area contributed by atoms with Gasteiger partial charge >= 0.3 is 0 Å². The largest absolute Gasteiger partial charge is 0.392 e. The van der Waals surface area contributed by atoms with Crippen molar-refractivity contribution in [2.24, 2.45) is 0 Å². The van der Waals surface area contributed by atoms with Crippen LogP contribution in [0.15, 0.2) is 0 Å². The quantitative estimate of drug-likeness (QED) is 0.731. The number of carbonyl (C=O) groups is 1. The smallest absolute Gasteiger partial charge is 0.239 e. The number of β-amino-alcohol motifs (C(OH)–C–C–N with tert-alkyl or cyclic N) is 1. The zero-order chi connectivity index (χ0) is 14.5. The van der Waals surface area contributed by atoms with Crippen LogP contribution in [-0.4, -0.2) is 85.4 Å². The van der Waals surface area contributed by atoms with Crippen LogP contribution < -0.4 is 5.32 Å². The average Bonchev–Trinajstić information content (AvgIpc) is 2.90. The Morgan fingerprint density at radius 2 is 2.09 bits per heavy atom. The van der Waals surface area contributed by atoms with Crippen molar-refractivity contribution >= 4 is 30.7 Å². The lowest BCUT2D eigenvalue weighted by molar-refractivity contribution is -0.136. The number of aliphatic hydroxyl groups is 1. The molecule has 0 bridgehead atoms. The first-order valence-electron chi connectivity index (χ1n) is 7.59. The average molecular weight is 358 g/mol.